The molecule has 0 aliphatic carbocycles. The number of amides is 14. The Labute approximate surface area is 781 Å². The number of likely N-dealkylation sites (tertiary alicyclic amines) is 3. The SMILES string of the molecule is C=COCC(COCCCCC(=O)CCN1C(=O)C=CC1=O)(COCCCCC(=O)CCN1C(=O)CCC1=O)COCC(COCCCCC(=O)CCN1C(=O)C=CC1=O)(COCCCCC(=O)CCN1C(=O)CCC1=O)COCC(COCCCCC(=O)CCN1C(=O)C=CC1=O)(COCCCCC(=O)CCN1C(=O)CCC1=O)COCCOCCCC(=O)CCN1C(=O)C=CC1=O. The Balaban J connectivity index is 1.16. The molecule has 0 bridgehead atoms. The molecular formula is C95H133N7O32. The van der Waals surface area contributed by atoms with E-state index < -0.39 is 63.5 Å². The quantitative estimate of drug-likeness (QED) is 0.0442. The number of unbranched alkanes of at least 4 members (excludes halogenated alkanes) is 6. The number of nitrogens with zero attached hydrogens (tertiary/aromatic N) is 7. The highest BCUT2D eigenvalue weighted by Gasteiger charge is 2.41. The molecule has 39 nitrogen and oxygen atoms in total. The minimum absolute atomic E-state index is 0.00196. The van der Waals surface area contributed by atoms with E-state index in [1.54, 1.807) is 0 Å². The number of rotatable bonds is 83. The van der Waals surface area contributed by atoms with Crippen molar-refractivity contribution >= 4 is 123 Å². The van der Waals surface area contributed by atoms with Crippen LogP contribution in [-0.4, -0.2) is 342 Å². The lowest BCUT2D eigenvalue weighted by Crippen LogP contribution is -2.47. The van der Waals surface area contributed by atoms with Gasteiger partial charge in [0.2, 0.25) is 35.4 Å². The van der Waals surface area contributed by atoms with Crippen molar-refractivity contribution < 1.29 is 153 Å². The first kappa shape index (κ1) is 111. The Morgan fingerprint density at radius 3 is 0.604 bits per heavy atom. The fourth-order valence-corrected chi connectivity index (χ4v) is 15.5. The van der Waals surface area contributed by atoms with Crippen LogP contribution >= 0.6 is 0 Å². The van der Waals surface area contributed by atoms with Crippen molar-refractivity contribution in [2.75, 3.05) is 185 Å². The molecule has 0 aromatic rings. The van der Waals surface area contributed by atoms with E-state index in [0.717, 1.165) is 82.9 Å². The number of hydrogen-bond acceptors (Lipinski definition) is 32. The molecule has 7 aliphatic rings. The van der Waals surface area contributed by atoms with Gasteiger partial charge >= 0.3 is 0 Å². The minimum atomic E-state index is -1.31. The van der Waals surface area contributed by atoms with Crippen LogP contribution in [0.1, 0.15) is 212 Å². The lowest BCUT2D eigenvalue weighted by Gasteiger charge is -2.38. The maximum Gasteiger partial charge on any atom is 0.253 e. The van der Waals surface area contributed by atoms with Gasteiger partial charge in [0.25, 0.3) is 47.3 Å². The van der Waals surface area contributed by atoms with Gasteiger partial charge in [-0.25, -0.2) is 0 Å². The lowest BCUT2D eigenvalue weighted by molar-refractivity contribution is -0.155. The fourth-order valence-electron chi connectivity index (χ4n) is 15.5. The molecule has 3 unspecified atom stereocenters. The van der Waals surface area contributed by atoms with E-state index in [-0.39, 0.29) is 389 Å². The van der Waals surface area contributed by atoms with Gasteiger partial charge in [-0.15, -0.1) is 0 Å². The molecule has 0 aromatic heterocycles. The number of carbonyl (C=O) groups is 21. The summed E-state index contributed by atoms with van der Waals surface area (Å²) in [4.78, 5) is 271. The summed E-state index contributed by atoms with van der Waals surface area (Å²) in [6, 6.07) is 0. The second kappa shape index (κ2) is 61.0. The number of hydrogen-bond donors (Lipinski definition) is 0. The highest BCUT2D eigenvalue weighted by atomic mass is 16.6. The molecule has 0 radical (unpaired) electrons. The van der Waals surface area contributed by atoms with Crippen LogP contribution in [0.3, 0.4) is 0 Å². The molecule has 0 saturated carbocycles. The number of ketones is 7. The minimum Gasteiger partial charge on any atom is -0.501 e. The van der Waals surface area contributed by atoms with E-state index in [2.05, 4.69) is 6.58 Å². The molecule has 0 N–H and O–H groups in total. The van der Waals surface area contributed by atoms with Gasteiger partial charge in [0, 0.05) is 269 Å². The second-order valence-corrected chi connectivity index (χ2v) is 34.8. The Morgan fingerprint density at radius 2 is 0.388 bits per heavy atom. The number of imide groups is 7. The van der Waals surface area contributed by atoms with Gasteiger partial charge in [-0.05, 0) is 83.5 Å². The zero-order chi connectivity index (χ0) is 96.9. The summed E-state index contributed by atoms with van der Waals surface area (Å²) >= 11 is 0. The van der Waals surface area contributed by atoms with Gasteiger partial charge in [0.05, 0.1) is 115 Å². The highest BCUT2D eigenvalue weighted by Crippen LogP contribution is 2.30. The zero-order valence-corrected chi connectivity index (χ0v) is 77.2. The van der Waals surface area contributed by atoms with Crippen molar-refractivity contribution in [2.24, 2.45) is 16.2 Å². The zero-order valence-electron chi connectivity index (χ0n) is 77.2. The van der Waals surface area contributed by atoms with Gasteiger partial charge in [-0.2, -0.15) is 0 Å². The third kappa shape index (κ3) is 40.7. The molecule has 14 amide bonds. The monoisotopic (exact) mass is 1880 g/mol. The average Bonchev–Trinajstić information content (AvgIpc) is 1.35. The van der Waals surface area contributed by atoms with Crippen molar-refractivity contribution in [1.82, 2.24) is 34.3 Å². The molecule has 7 rings (SSSR count). The summed E-state index contributed by atoms with van der Waals surface area (Å²) < 4.78 is 71.6. The summed E-state index contributed by atoms with van der Waals surface area (Å²) in [7, 11) is 0. The Kier molecular flexibility index (Phi) is 50.4. The maximum atomic E-state index is 13.3. The van der Waals surface area contributed by atoms with Crippen LogP contribution in [0.25, 0.3) is 0 Å². The maximum absolute atomic E-state index is 13.3. The number of Topliss-reactive ketones (excluding diaryl/α,β-unsaturated/α-hetero) is 7. The van der Waals surface area contributed by atoms with Gasteiger partial charge in [0.15, 0.2) is 0 Å². The summed E-state index contributed by atoms with van der Waals surface area (Å²) in [6.07, 6.45) is 16.3. The summed E-state index contributed by atoms with van der Waals surface area (Å²) in [5, 5.41) is 0. The Morgan fingerprint density at radius 1 is 0.216 bits per heavy atom. The topological polar surface area (TPSA) is 483 Å². The Hall–Kier alpha value is -10.2. The largest absolute Gasteiger partial charge is 0.501 e. The number of ether oxygens (including phenoxy) is 11. The third-order valence-electron chi connectivity index (χ3n) is 23.4. The molecule has 39 heteroatoms. The van der Waals surface area contributed by atoms with Crippen molar-refractivity contribution in [3.05, 3.63) is 61.4 Å². The first-order valence-electron chi connectivity index (χ1n) is 46.8. The van der Waals surface area contributed by atoms with Gasteiger partial charge in [-0.1, -0.05) is 6.58 Å². The molecular weight excluding hydrogens is 1750 g/mol. The van der Waals surface area contributed by atoms with Crippen LogP contribution in [0.15, 0.2) is 61.4 Å². The molecule has 7 aliphatic heterocycles. The lowest BCUT2D eigenvalue weighted by atomic mass is 9.89. The molecule has 3 saturated heterocycles. The van der Waals surface area contributed by atoms with Crippen LogP contribution in [0.2, 0.25) is 0 Å². The predicted molar refractivity (Wildman–Crippen MR) is 473 cm³/mol. The van der Waals surface area contributed by atoms with Crippen molar-refractivity contribution in [3.8, 4) is 0 Å². The average molecular weight is 1890 g/mol. The fraction of sp³-hybridized carbons (Fsp3) is 0.674. The standard InChI is InChI=1S/C95H133N7O32/c1-2-124-60-93(61-126-51-9-3-16-72(103)37-44-96-79(110)23-24-80(96)111,62-127-52-10-4-17-73(104)38-45-97-81(112)25-26-82(97)113)68-133-70-95(65-130-55-13-7-20-76(107)41-48-100-87(118)31-32-88(100)119,66-131-56-14-8-21-77(108)42-49-101-89(120)33-34-90(101)121)71-134-69-94(63-128-53-11-5-18-74(105)39-46-98-83(114)27-28-84(98)115,64-129-54-12-6-19-75(106)40-47-99-85(116)29-30-86(99)117)67-132-59-58-125-57-15-22-78(109)43-50-102-91(122)35-36-92(102)123/h2,23-24,27-28,31-32,35-36H,1,3-22,25-26,29-30,33-34,37-71H2. The normalized spacial score (nSPS) is 17.0. The van der Waals surface area contributed by atoms with E-state index in [1.165, 1.54) is 6.26 Å². The van der Waals surface area contributed by atoms with Gasteiger partial charge in [0.1, 0.15) is 40.5 Å². The summed E-state index contributed by atoms with van der Waals surface area (Å²) in [5.41, 5.74) is -3.68. The Bertz CT molecular complexity index is 4000. The van der Waals surface area contributed by atoms with Gasteiger partial charge in [-0.3, -0.25) is 135 Å². The predicted octanol–water partition coefficient (Wildman–Crippen LogP) is 4.94. The molecule has 3 atom stereocenters. The molecule has 3 fully saturated rings. The highest BCUT2D eigenvalue weighted by molar-refractivity contribution is 6.15. The third-order valence-corrected chi connectivity index (χ3v) is 23.4. The van der Waals surface area contributed by atoms with Gasteiger partial charge < -0.3 is 52.1 Å². The van der Waals surface area contributed by atoms with Crippen LogP contribution in [0, 0.1) is 16.2 Å². The number of carbonyl (C=O) groups excluding carboxylic acids is 21. The van der Waals surface area contributed by atoms with E-state index in [9.17, 15) is 101 Å². The first-order chi connectivity index (χ1) is 64.5. The molecule has 0 spiro atoms. The first-order valence-corrected chi connectivity index (χ1v) is 46.8. The molecule has 740 valence electrons. The van der Waals surface area contributed by atoms with Crippen LogP contribution in [0.5, 0.6) is 0 Å². The smallest absolute Gasteiger partial charge is 0.253 e. The van der Waals surface area contributed by atoms with E-state index in [0.29, 0.717) is 83.5 Å². The van der Waals surface area contributed by atoms with Crippen molar-refractivity contribution in [2.45, 2.75) is 212 Å². The van der Waals surface area contributed by atoms with Crippen LogP contribution in [0.4, 0.5) is 0 Å². The second-order valence-electron chi connectivity index (χ2n) is 34.8. The van der Waals surface area contributed by atoms with Crippen LogP contribution in [-0.2, 0) is 153 Å². The van der Waals surface area contributed by atoms with E-state index in [4.69, 9.17) is 52.1 Å². The van der Waals surface area contributed by atoms with Crippen molar-refractivity contribution in [1.29, 1.82) is 0 Å². The molecule has 0 aromatic carbocycles. The van der Waals surface area contributed by atoms with Crippen LogP contribution < -0.4 is 0 Å². The summed E-state index contributed by atoms with van der Waals surface area (Å²) in [5.74, 6) is -7.21. The van der Waals surface area contributed by atoms with E-state index >= 15 is 0 Å². The molecule has 134 heavy (non-hydrogen) atoms. The van der Waals surface area contributed by atoms with E-state index in [1.807, 2.05) is 0 Å². The van der Waals surface area contributed by atoms with Crippen molar-refractivity contribution in [3.63, 3.8) is 0 Å². The summed E-state index contributed by atoms with van der Waals surface area (Å²) in [6.45, 7) is 2.69. The molecule has 7 heterocycles.